The maximum absolute atomic E-state index is 5.71. The molecule has 1 atom stereocenters. The van der Waals surface area contributed by atoms with Crippen LogP contribution in [0.15, 0.2) is 53.4 Å². The number of benzene rings is 2. The summed E-state index contributed by atoms with van der Waals surface area (Å²) in [5.41, 5.74) is 5.25. The van der Waals surface area contributed by atoms with Crippen LogP contribution in [-0.2, 0) is 0 Å². The van der Waals surface area contributed by atoms with Crippen LogP contribution in [0.3, 0.4) is 0 Å². The second kappa shape index (κ2) is 7.33. The third kappa shape index (κ3) is 3.54. The van der Waals surface area contributed by atoms with E-state index in [4.69, 9.17) is 10.6 Å². The molecule has 0 fully saturated rings. The number of nitrogens with two attached hydrogens (primary N) is 1. The van der Waals surface area contributed by atoms with E-state index in [1.165, 1.54) is 10.5 Å². The van der Waals surface area contributed by atoms with E-state index in [-0.39, 0.29) is 6.04 Å². The minimum Gasteiger partial charge on any atom is -0.496 e. The molecule has 3 N–H and O–H groups in total. The number of methoxy groups -OCH3 is 1. The molecule has 0 saturated carbocycles. The van der Waals surface area contributed by atoms with E-state index in [1.807, 2.05) is 24.3 Å². The number of hydrogen-bond acceptors (Lipinski definition) is 4. The molecule has 0 aliphatic heterocycles. The van der Waals surface area contributed by atoms with Gasteiger partial charge in [-0.3, -0.25) is 11.3 Å². The number of ether oxygens (including phenoxy) is 1. The molecule has 0 bridgehead atoms. The summed E-state index contributed by atoms with van der Waals surface area (Å²) in [4.78, 5) is 1.28. The Labute approximate surface area is 124 Å². The van der Waals surface area contributed by atoms with Gasteiger partial charge in [0, 0.05) is 16.2 Å². The zero-order valence-electron chi connectivity index (χ0n) is 11.8. The normalized spacial score (nSPS) is 12.2. The molecule has 1 unspecified atom stereocenters. The van der Waals surface area contributed by atoms with Crippen molar-refractivity contribution in [3.63, 3.8) is 0 Å². The maximum Gasteiger partial charge on any atom is 0.123 e. The molecular formula is C16H20N2OS. The second-order valence-electron chi connectivity index (χ2n) is 4.54. The number of thioether (sulfide) groups is 1. The Morgan fingerprint density at radius 1 is 1.15 bits per heavy atom. The number of aryl methyl sites for hydroxylation is 1. The number of nitrogens with one attached hydrogen (secondary N) is 1. The number of para-hydroxylation sites is 1. The fourth-order valence-electron chi connectivity index (χ4n) is 2.07. The zero-order chi connectivity index (χ0) is 14.4. The van der Waals surface area contributed by atoms with E-state index in [1.54, 1.807) is 18.9 Å². The molecule has 0 amide bonds. The van der Waals surface area contributed by atoms with E-state index in [0.717, 1.165) is 17.1 Å². The van der Waals surface area contributed by atoms with Gasteiger partial charge in [-0.25, -0.2) is 0 Å². The van der Waals surface area contributed by atoms with Crippen LogP contribution < -0.4 is 16.0 Å². The number of hydrazine groups is 1. The van der Waals surface area contributed by atoms with Crippen molar-refractivity contribution < 1.29 is 4.74 Å². The summed E-state index contributed by atoms with van der Waals surface area (Å²) in [7, 11) is 1.68. The third-order valence-corrected chi connectivity index (χ3v) is 4.48. The maximum atomic E-state index is 5.71. The minimum absolute atomic E-state index is 0.0516. The molecule has 4 heteroatoms. The van der Waals surface area contributed by atoms with E-state index in [2.05, 4.69) is 36.6 Å². The minimum atomic E-state index is 0.0516. The van der Waals surface area contributed by atoms with Crippen molar-refractivity contribution in [2.45, 2.75) is 17.9 Å². The molecule has 0 saturated heterocycles. The molecular weight excluding hydrogens is 268 g/mol. The first-order valence-corrected chi connectivity index (χ1v) is 7.52. The summed E-state index contributed by atoms with van der Waals surface area (Å²) in [6, 6.07) is 16.4. The fraction of sp³-hybridized carbons (Fsp3) is 0.250. The Kier molecular flexibility index (Phi) is 5.47. The molecule has 2 rings (SSSR count). The molecule has 0 spiro atoms. The van der Waals surface area contributed by atoms with Crippen LogP contribution >= 0.6 is 11.8 Å². The summed E-state index contributed by atoms with van der Waals surface area (Å²) in [6.07, 6.45) is 0. The lowest BCUT2D eigenvalue weighted by Crippen LogP contribution is -2.30. The molecule has 3 nitrogen and oxygen atoms in total. The molecule has 0 heterocycles. The van der Waals surface area contributed by atoms with Gasteiger partial charge in [0.2, 0.25) is 0 Å². The molecule has 2 aromatic rings. The summed E-state index contributed by atoms with van der Waals surface area (Å²) in [6.45, 7) is 2.12. The third-order valence-electron chi connectivity index (χ3n) is 3.21. The topological polar surface area (TPSA) is 47.3 Å². The standard InChI is InChI=1S/C16H20N2OS/c1-12-7-3-6-10-16(12)20-11-14(18-17)13-8-4-5-9-15(13)19-2/h3-10,14,18H,11,17H2,1-2H3. The van der Waals surface area contributed by atoms with E-state index in [0.29, 0.717) is 0 Å². The van der Waals surface area contributed by atoms with Crippen LogP contribution in [0.1, 0.15) is 17.2 Å². The van der Waals surface area contributed by atoms with Crippen LogP contribution in [0.25, 0.3) is 0 Å². The van der Waals surface area contributed by atoms with E-state index < -0.39 is 0 Å². The molecule has 0 radical (unpaired) electrons. The summed E-state index contributed by atoms with van der Waals surface area (Å²) in [5, 5.41) is 0. The van der Waals surface area contributed by atoms with Gasteiger partial charge < -0.3 is 4.74 Å². The predicted molar refractivity (Wildman–Crippen MR) is 85.0 cm³/mol. The molecule has 0 aliphatic carbocycles. The average Bonchev–Trinajstić information content (AvgIpc) is 2.50. The Morgan fingerprint density at radius 3 is 2.55 bits per heavy atom. The van der Waals surface area contributed by atoms with Crippen molar-refractivity contribution in [3.8, 4) is 5.75 Å². The first-order chi connectivity index (χ1) is 9.76. The van der Waals surface area contributed by atoms with Crippen molar-refractivity contribution in [1.29, 1.82) is 0 Å². The second-order valence-corrected chi connectivity index (χ2v) is 5.60. The number of hydrogen-bond donors (Lipinski definition) is 2. The van der Waals surface area contributed by atoms with Gasteiger partial charge in [0.25, 0.3) is 0 Å². The highest BCUT2D eigenvalue weighted by Crippen LogP contribution is 2.30. The van der Waals surface area contributed by atoms with Crippen LogP contribution in [0.4, 0.5) is 0 Å². The monoisotopic (exact) mass is 288 g/mol. The van der Waals surface area contributed by atoms with Gasteiger partial charge >= 0.3 is 0 Å². The fourth-order valence-corrected chi connectivity index (χ4v) is 3.17. The van der Waals surface area contributed by atoms with Crippen molar-refractivity contribution in [2.75, 3.05) is 12.9 Å². The quantitative estimate of drug-likeness (QED) is 0.486. The van der Waals surface area contributed by atoms with Crippen LogP contribution in [0.2, 0.25) is 0 Å². The van der Waals surface area contributed by atoms with Gasteiger partial charge in [-0.2, -0.15) is 0 Å². The van der Waals surface area contributed by atoms with Crippen LogP contribution in [-0.4, -0.2) is 12.9 Å². The Balaban J connectivity index is 2.11. The molecule has 0 aromatic heterocycles. The number of rotatable bonds is 6. The Morgan fingerprint density at radius 2 is 1.85 bits per heavy atom. The van der Waals surface area contributed by atoms with Crippen LogP contribution in [0, 0.1) is 6.92 Å². The summed E-state index contributed by atoms with van der Waals surface area (Å²) >= 11 is 1.80. The average molecular weight is 288 g/mol. The van der Waals surface area contributed by atoms with Crippen molar-refractivity contribution >= 4 is 11.8 Å². The largest absolute Gasteiger partial charge is 0.496 e. The highest BCUT2D eigenvalue weighted by atomic mass is 32.2. The van der Waals surface area contributed by atoms with Gasteiger partial charge in [0.05, 0.1) is 13.2 Å². The molecule has 106 valence electrons. The smallest absolute Gasteiger partial charge is 0.123 e. The lowest BCUT2D eigenvalue weighted by molar-refractivity contribution is 0.403. The van der Waals surface area contributed by atoms with Crippen molar-refractivity contribution in [2.24, 2.45) is 5.84 Å². The first kappa shape index (κ1) is 14.9. The zero-order valence-corrected chi connectivity index (χ0v) is 12.6. The van der Waals surface area contributed by atoms with Gasteiger partial charge in [0.1, 0.15) is 5.75 Å². The van der Waals surface area contributed by atoms with Gasteiger partial charge in [-0.05, 0) is 24.6 Å². The van der Waals surface area contributed by atoms with Crippen molar-refractivity contribution in [1.82, 2.24) is 5.43 Å². The summed E-state index contributed by atoms with van der Waals surface area (Å²) in [5.74, 6) is 7.42. The molecule has 2 aromatic carbocycles. The van der Waals surface area contributed by atoms with Crippen LogP contribution in [0.5, 0.6) is 5.75 Å². The Bertz CT molecular complexity index is 560. The lowest BCUT2D eigenvalue weighted by Gasteiger charge is -2.19. The van der Waals surface area contributed by atoms with Gasteiger partial charge in [0.15, 0.2) is 0 Å². The SMILES string of the molecule is COc1ccccc1C(CSc1ccccc1C)NN. The predicted octanol–water partition coefficient (Wildman–Crippen LogP) is 3.30. The summed E-state index contributed by atoms with van der Waals surface area (Å²) < 4.78 is 5.40. The molecule has 0 aliphatic rings. The molecule has 20 heavy (non-hydrogen) atoms. The van der Waals surface area contributed by atoms with Gasteiger partial charge in [-0.1, -0.05) is 36.4 Å². The Hall–Kier alpha value is -1.49. The highest BCUT2D eigenvalue weighted by molar-refractivity contribution is 7.99. The lowest BCUT2D eigenvalue weighted by atomic mass is 10.1. The first-order valence-electron chi connectivity index (χ1n) is 6.53. The highest BCUT2D eigenvalue weighted by Gasteiger charge is 2.15. The van der Waals surface area contributed by atoms with Gasteiger partial charge in [-0.15, -0.1) is 11.8 Å². The van der Waals surface area contributed by atoms with E-state index >= 15 is 0 Å². The van der Waals surface area contributed by atoms with Crippen molar-refractivity contribution in [3.05, 3.63) is 59.7 Å². The van der Waals surface area contributed by atoms with E-state index in [9.17, 15) is 0 Å².